The van der Waals surface area contributed by atoms with Crippen molar-refractivity contribution < 1.29 is 0 Å². The average Bonchev–Trinajstić information content (AvgIpc) is 2.04. The van der Waals surface area contributed by atoms with Crippen LogP contribution in [0.25, 0.3) is 0 Å². The monoisotopic (exact) mass is 176 g/mol. The minimum atomic E-state index is 0.783. The predicted molar refractivity (Wildman–Crippen MR) is 59.7 cm³/mol. The molecule has 0 aromatic heterocycles. The van der Waals surface area contributed by atoms with E-state index in [4.69, 9.17) is 0 Å². The quantitative estimate of drug-likeness (QED) is 0.603. The van der Waals surface area contributed by atoms with E-state index in [2.05, 4.69) is 39.5 Å². The molecule has 0 bridgehead atoms. The molecule has 0 N–H and O–H groups in total. The Morgan fingerprint density at radius 3 is 2.46 bits per heavy atom. The highest BCUT2D eigenvalue weighted by atomic mass is 14.1. The predicted octanol–water partition coefficient (Wildman–Crippen LogP) is 4.26. The summed E-state index contributed by atoms with van der Waals surface area (Å²) in [6, 6.07) is 0. The summed E-state index contributed by atoms with van der Waals surface area (Å²) in [6.45, 7) is 10.6. The highest BCUT2D eigenvalue weighted by molar-refractivity contribution is 5.35. The highest BCUT2D eigenvalue weighted by Crippen LogP contribution is 2.26. The number of allylic oxidation sites excluding steroid dienone is 5. The lowest BCUT2D eigenvalue weighted by Gasteiger charge is -2.16. The first-order valence-corrected chi connectivity index (χ1v) is 5.14. The van der Waals surface area contributed by atoms with Crippen molar-refractivity contribution in [2.24, 2.45) is 5.92 Å². The molecule has 0 atom stereocenters. The second kappa shape index (κ2) is 4.45. The van der Waals surface area contributed by atoms with E-state index in [9.17, 15) is 0 Å². The molecule has 0 saturated heterocycles. The number of hydrogen-bond acceptors (Lipinski definition) is 0. The number of hydrogen-bond donors (Lipinski definition) is 0. The van der Waals surface area contributed by atoms with E-state index < -0.39 is 0 Å². The largest absolute Gasteiger partial charge is 0.0958 e. The minimum Gasteiger partial charge on any atom is -0.0958 e. The van der Waals surface area contributed by atoms with Crippen LogP contribution in [0.3, 0.4) is 0 Å². The van der Waals surface area contributed by atoms with E-state index in [0.29, 0.717) is 0 Å². The summed E-state index contributed by atoms with van der Waals surface area (Å²) in [4.78, 5) is 0. The Balaban J connectivity index is 2.60. The molecule has 0 spiro atoms. The first-order valence-electron chi connectivity index (χ1n) is 5.14. The van der Waals surface area contributed by atoms with Gasteiger partial charge in [-0.25, -0.2) is 0 Å². The van der Waals surface area contributed by atoms with Crippen LogP contribution in [0, 0.1) is 5.92 Å². The zero-order valence-electron chi connectivity index (χ0n) is 9.06. The summed E-state index contributed by atoms with van der Waals surface area (Å²) in [5.41, 5.74) is 4.24. The molecule has 0 heterocycles. The first kappa shape index (κ1) is 10.3. The summed E-state index contributed by atoms with van der Waals surface area (Å²) in [5, 5.41) is 0. The minimum absolute atomic E-state index is 0.783. The van der Waals surface area contributed by atoms with Crippen molar-refractivity contribution in [1.82, 2.24) is 0 Å². The van der Waals surface area contributed by atoms with Gasteiger partial charge in [-0.3, -0.25) is 0 Å². The fraction of sp³-hybridized carbons (Fsp3) is 0.538. The summed E-state index contributed by atoms with van der Waals surface area (Å²) in [5.74, 6) is 0.783. The normalized spacial score (nSPS) is 16.9. The standard InChI is InChI=1S/C13H20/c1-10(2)9-12-5-7-13(8-6-12)11(3)4/h5,7,10H,3,6,8-9H2,1-2,4H3. The summed E-state index contributed by atoms with van der Waals surface area (Å²) < 4.78 is 0. The Bertz CT molecular complexity index is 251. The van der Waals surface area contributed by atoms with Crippen molar-refractivity contribution in [3.63, 3.8) is 0 Å². The summed E-state index contributed by atoms with van der Waals surface area (Å²) in [6.07, 6.45) is 8.20. The van der Waals surface area contributed by atoms with Crippen molar-refractivity contribution in [3.8, 4) is 0 Å². The van der Waals surface area contributed by atoms with Gasteiger partial charge in [0.25, 0.3) is 0 Å². The smallest absolute Gasteiger partial charge is 0.0239 e. The van der Waals surface area contributed by atoms with Crippen LogP contribution in [0.5, 0.6) is 0 Å². The molecular weight excluding hydrogens is 156 g/mol. The fourth-order valence-electron chi connectivity index (χ4n) is 1.73. The first-order chi connectivity index (χ1) is 6.09. The van der Waals surface area contributed by atoms with Crippen LogP contribution in [0.4, 0.5) is 0 Å². The van der Waals surface area contributed by atoms with E-state index >= 15 is 0 Å². The maximum atomic E-state index is 3.97. The molecular formula is C13H20. The molecule has 0 aromatic rings. The molecule has 0 heteroatoms. The van der Waals surface area contributed by atoms with Crippen LogP contribution in [-0.4, -0.2) is 0 Å². The van der Waals surface area contributed by atoms with Crippen LogP contribution in [0.15, 0.2) is 35.5 Å². The molecule has 1 rings (SSSR count). The van der Waals surface area contributed by atoms with Crippen LogP contribution >= 0.6 is 0 Å². The Hall–Kier alpha value is -0.780. The van der Waals surface area contributed by atoms with E-state index in [-0.39, 0.29) is 0 Å². The lowest BCUT2D eigenvalue weighted by Crippen LogP contribution is -1.97. The molecule has 0 nitrogen and oxygen atoms in total. The van der Waals surface area contributed by atoms with Gasteiger partial charge in [0.2, 0.25) is 0 Å². The van der Waals surface area contributed by atoms with Gasteiger partial charge in [0.15, 0.2) is 0 Å². The second-order valence-corrected chi connectivity index (χ2v) is 4.40. The second-order valence-electron chi connectivity index (χ2n) is 4.40. The zero-order valence-corrected chi connectivity index (χ0v) is 9.06. The maximum absolute atomic E-state index is 3.97. The lowest BCUT2D eigenvalue weighted by atomic mass is 9.90. The molecule has 1 aliphatic rings. The maximum Gasteiger partial charge on any atom is -0.0239 e. The third kappa shape index (κ3) is 3.22. The SMILES string of the molecule is C=C(C)C1=CC=C(CC(C)C)CC1. The number of rotatable bonds is 3. The van der Waals surface area contributed by atoms with Crippen LogP contribution in [-0.2, 0) is 0 Å². The molecule has 1 aliphatic carbocycles. The molecule has 0 aromatic carbocycles. The molecule has 0 fully saturated rings. The third-order valence-electron chi connectivity index (χ3n) is 2.45. The fourth-order valence-corrected chi connectivity index (χ4v) is 1.73. The van der Waals surface area contributed by atoms with Gasteiger partial charge >= 0.3 is 0 Å². The molecule has 13 heavy (non-hydrogen) atoms. The molecule has 0 saturated carbocycles. The average molecular weight is 176 g/mol. The molecule has 0 amide bonds. The Morgan fingerprint density at radius 2 is 2.08 bits per heavy atom. The van der Waals surface area contributed by atoms with Crippen molar-refractivity contribution in [3.05, 3.63) is 35.5 Å². The van der Waals surface area contributed by atoms with E-state index in [1.54, 1.807) is 5.57 Å². The van der Waals surface area contributed by atoms with Crippen LogP contribution in [0.1, 0.15) is 40.0 Å². The van der Waals surface area contributed by atoms with E-state index in [1.807, 2.05) is 0 Å². The van der Waals surface area contributed by atoms with Crippen molar-refractivity contribution in [2.45, 2.75) is 40.0 Å². The Morgan fingerprint density at radius 1 is 1.38 bits per heavy atom. The van der Waals surface area contributed by atoms with Gasteiger partial charge in [0.05, 0.1) is 0 Å². The van der Waals surface area contributed by atoms with E-state index in [1.165, 1.54) is 30.4 Å². The van der Waals surface area contributed by atoms with Gasteiger partial charge in [0, 0.05) is 0 Å². The van der Waals surface area contributed by atoms with Crippen LogP contribution in [0.2, 0.25) is 0 Å². The lowest BCUT2D eigenvalue weighted by molar-refractivity contribution is 0.621. The van der Waals surface area contributed by atoms with Gasteiger partial charge in [-0.05, 0) is 37.7 Å². The van der Waals surface area contributed by atoms with Gasteiger partial charge < -0.3 is 0 Å². The Labute approximate surface area is 82.0 Å². The highest BCUT2D eigenvalue weighted by Gasteiger charge is 2.07. The van der Waals surface area contributed by atoms with Gasteiger partial charge in [-0.2, -0.15) is 0 Å². The van der Waals surface area contributed by atoms with Gasteiger partial charge in [0.1, 0.15) is 0 Å². The van der Waals surface area contributed by atoms with Crippen molar-refractivity contribution in [1.29, 1.82) is 0 Å². The molecule has 0 aliphatic heterocycles. The van der Waals surface area contributed by atoms with Crippen molar-refractivity contribution in [2.75, 3.05) is 0 Å². The van der Waals surface area contributed by atoms with Gasteiger partial charge in [-0.1, -0.05) is 43.7 Å². The summed E-state index contributed by atoms with van der Waals surface area (Å²) >= 11 is 0. The molecule has 72 valence electrons. The van der Waals surface area contributed by atoms with Crippen LogP contribution < -0.4 is 0 Å². The van der Waals surface area contributed by atoms with Crippen molar-refractivity contribution >= 4 is 0 Å². The molecule has 0 unspecified atom stereocenters. The van der Waals surface area contributed by atoms with Gasteiger partial charge in [-0.15, -0.1) is 0 Å². The third-order valence-corrected chi connectivity index (χ3v) is 2.45. The molecule has 0 radical (unpaired) electrons. The Kier molecular flexibility index (Phi) is 3.53. The summed E-state index contributed by atoms with van der Waals surface area (Å²) in [7, 11) is 0. The zero-order chi connectivity index (χ0) is 9.84. The van der Waals surface area contributed by atoms with E-state index in [0.717, 1.165) is 5.92 Å². The topological polar surface area (TPSA) is 0 Å².